The number of sulfonamides is 1. The van der Waals surface area contributed by atoms with E-state index < -0.39 is 28.5 Å². The summed E-state index contributed by atoms with van der Waals surface area (Å²) in [6.45, 7) is 3.14. The summed E-state index contributed by atoms with van der Waals surface area (Å²) < 4.78 is 34.6. The Morgan fingerprint density at radius 3 is 2.09 bits per heavy atom. The Balaban J connectivity index is 1.84. The molecule has 0 aromatic heterocycles. The summed E-state index contributed by atoms with van der Waals surface area (Å²) in [4.78, 5) is 29.9. The van der Waals surface area contributed by atoms with Crippen LogP contribution in [-0.2, 0) is 32.6 Å². The third-order valence-corrected chi connectivity index (χ3v) is 10.5. The molecule has 0 saturated heterocycles. The zero-order chi connectivity index (χ0) is 34.1. The number of carbonyl (C=O) groups excluding carboxylic acids is 2. The van der Waals surface area contributed by atoms with Gasteiger partial charge in [0.1, 0.15) is 18.3 Å². The van der Waals surface area contributed by atoms with Crippen molar-refractivity contribution in [2.45, 2.75) is 50.2 Å². The Bertz CT molecular complexity index is 1790. The Morgan fingerprint density at radius 2 is 1.49 bits per heavy atom. The number of carbonyl (C=O) groups is 2. The molecule has 2 amide bonds. The summed E-state index contributed by atoms with van der Waals surface area (Å²) in [7, 11) is -2.84. The van der Waals surface area contributed by atoms with E-state index in [2.05, 4.69) is 5.32 Å². The van der Waals surface area contributed by atoms with Gasteiger partial charge >= 0.3 is 0 Å². The second kappa shape index (κ2) is 16.4. The maximum Gasteiger partial charge on any atom is 0.264 e. The number of rotatable bonds is 14. The van der Waals surface area contributed by atoms with Crippen molar-refractivity contribution in [1.82, 2.24) is 10.2 Å². The normalized spacial score (nSPS) is 12.6. The lowest BCUT2D eigenvalue weighted by molar-refractivity contribution is -0.140. The summed E-state index contributed by atoms with van der Waals surface area (Å²) in [5.74, 6) is -0.658. The van der Waals surface area contributed by atoms with Crippen LogP contribution in [0.4, 0.5) is 5.69 Å². The van der Waals surface area contributed by atoms with Gasteiger partial charge in [-0.15, -0.1) is 0 Å². The number of methoxy groups -OCH3 is 1. The monoisotopic (exact) mass is 715 g/mol. The van der Waals surface area contributed by atoms with E-state index in [1.54, 1.807) is 36.4 Å². The van der Waals surface area contributed by atoms with E-state index in [9.17, 15) is 18.0 Å². The molecule has 12 heteroatoms. The molecule has 4 rings (SSSR count). The Hall–Kier alpha value is -3.76. The van der Waals surface area contributed by atoms with E-state index in [1.807, 2.05) is 44.2 Å². The first kappa shape index (κ1) is 36.1. The Kier molecular flexibility index (Phi) is 12.6. The first-order valence-corrected chi connectivity index (χ1v) is 17.5. The molecule has 0 aliphatic rings. The number of nitrogens with zero attached hydrogens (tertiary/aromatic N) is 2. The first-order chi connectivity index (χ1) is 22.4. The van der Waals surface area contributed by atoms with E-state index in [1.165, 1.54) is 42.3 Å². The lowest BCUT2D eigenvalue weighted by atomic mass is 10.0. The van der Waals surface area contributed by atoms with Gasteiger partial charge in [-0.1, -0.05) is 96.3 Å². The molecule has 0 fully saturated rings. The number of ether oxygens (including phenoxy) is 1. The molecular formula is C35H36Cl3N3O5S. The van der Waals surface area contributed by atoms with Crippen molar-refractivity contribution in [2.24, 2.45) is 0 Å². The van der Waals surface area contributed by atoms with Gasteiger partial charge in [0, 0.05) is 19.0 Å². The molecule has 47 heavy (non-hydrogen) atoms. The molecule has 2 atom stereocenters. The van der Waals surface area contributed by atoms with Crippen LogP contribution in [0.3, 0.4) is 0 Å². The number of halogens is 3. The number of hydrogen-bond acceptors (Lipinski definition) is 5. The van der Waals surface area contributed by atoms with Crippen LogP contribution in [0.15, 0.2) is 102 Å². The van der Waals surface area contributed by atoms with E-state index in [-0.39, 0.29) is 45.5 Å². The highest BCUT2D eigenvalue weighted by Crippen LogP contribution is 2.32. The van der Waals surface area contributed by atoms with Crippen molar-refractivity contribution in [3.8, 4) is 5.75 Å². The third-order valence-electron chi connectivity index (χ3n) is 7.64. The number of anilines is 1. The zero-order valence-electron chi connectivity index (χ0n) is 26.2. The van der Waals surface area contributed by atoms with Crippen LogP contribution in [0.5, 0.6) is 5.75 Å². The topological polar surface area (TPSA) is 96.0 Å². The van der Waals surface area contributed by atoms with Crippen molar-refractivity contribution in [3.63, 3.8) is 0 Å². The van der Waals surface area contributed by atoms with Crippen molar-refractivity contribution in [2.75, 3.05) is 18.0 Å². The summed E-state index contributed by atoms with van der Waals surface area (Å²) in [5, 5.41) is 3.78. The van der Waals surface area contributed by atoms with Crippen molar-refractivity contribution in [3.05, 3.63) is 123 Å². The van der Waals surface area contributed by atoms with Gasteiger partial charge in [-0.3, -0.25) is 13.9 Å². The van der Waals surface area contributed by atoms with Crippen LogP contribution in [0.2, 0.25) is 15.1 Å². The molecule has 0 aliphatic heterocycles. The van der Waals surface area contributed by atoms with Gasteiger partial charge in [-0.2, -0.15) is 0 Å². The number of hydrogen-bond donors (Lipinski definition) is 1. The molecule has 248 valence electrons. The quantitative estimate of drug-likeness (QED) is 0.147. The maximum absolute atomic E-state index is 14.6. The molecule has 0 saturated carbocycles. The van der Waals surface area contributed by atoms with Gasteiger partial charge in [0.05, 0.1) is 32.8 Å². The lowest BCUT2D eigenvalue weighted by Crippen LogP contribution is -2.54. The Labute approximate surface area is 291 Å². The van der Waals surface area contributed by atoms with Crippen LogP contribution in [0, 0.1) is 0 Å². The molecule has 8 nitrogen and oxygen atoms in total. The highest BCUT2D eigenvalue weighted by atomic mass is 35.5. The summed E-state index contributed by atoms with van der Waals surface area (Å²) in [6.07, 6.45) is 0.849. The van der Waals surface area contributed by atoms with Crippen LogP contribution in [0.1, 0.15) is 31.4 Å². The highest BCUT2D eigenvalue weighted by molar-refractivity contribution is 7.92. The standard InChI is InChI=1S/C35H36Cl3N3O5S/c1-4-24(2)39-35(43)32(20-25-11-7-5-8-12-25)40(22-26-15-17-29(36)30(37)19-26)34(42)23-41(27-16-18-33(46-3)31(38)21-27)47(44,45)28-13-9-6-10-14-28/h5-19,21,24,32H,4,20,22-23H2,1-3H3,(H,39,43)/t24-,32+/m0/s1. The molecule has 0 unspecified atom stereocenters. The molecule has 4 aromatic rings. The van der Waals surface area contributed by atoms with Crippen LogP contribution < -0.4 is 14.4 Å². The molecule has 0 aliphatic carbocycles. The predicted octanol–water partition coefficient (Wildman–Crippen LogP) is 7.41. The average molecular weight is 717 g/mol. The van der Waals surface area contributed by atoms with Crippen molar-refractivity contribution in [1.29, 1.82) is 0 Å². The zero-order valence-corrected chi connectivity index (χ0v) is 29.3. The fraction of sp³-hybridized carbons (Fsp3) is 0.257. The van der Waals surface area contributed by atoms with Crippen molar-refractivity contribution < 1.29 is 22.7 Å². The third kappa shape index (κ3) is 9.20. The fourth-order valence-corrected chi connectivity index (χ4v) is 6.89. The summed E-state index contributed by atoms with van der Waals surface area (Å²) in [5.41, 5.74) is 1.57. The van der Waals surface area contributed by atoms with Gasteiger partial charge in [0.15, 0.2) is 0 Å². The average Bonchev–Trinajstić information content (AvgIpc) is 3.07. The van der Waals surface area contributed by atoms with Gasteiger partial charge in [0.2, 0.25) is 11.8 Å². The maximum atomic E-state index is 14.6. The molecule has 0 spiro atoms. The number of benzene rings is 4. The number of amides is 2. The smallest absolute Gasteiger partial charge is 0.264 e. The van der Waals surface area contributed by atoms with Gasteiger partial charge in [0.25, 0.3) is 10.0 Å². The van der Waals surface area contributed by atoms with Gasteiger partial charge in [-0.05, 0) is 66.9 Å². The van der Waals surface area contributed by atoms with Crippen molar-refractivity contribution >= 4 is 62.3 Å². The van der Waals surface area contributed by atoms with Crippen LogP contribution in [-0.4, -0.2) is 50.9 Å². The van der Waals surface area contributed by atoms with E-state index >= 15 is 0 Å². The van der Waals surface area contributed by atoms with E-state index in [4.69, 9.17) is 39.5 Å². The molecular weight excluding hydrogens is 681 g/mol. The molecule has 0 radical (unpaired) electrons. The number of nitrogens with one attached hydrogen (secondary N) is 1. The van der Waals surface area contributed by atoms with E-state index in [0.717, 1.165) is 9.87 Å². The predicted molar refractivity (Wildman–Crippen MR) is 188 cm³/mol. The van der Waals surface area contributed by atoms with Gasteiger partial charge in [-0.25, -0.2) is 8.42 Å². The summed E-state index contributed by atoms with van der Waals surface area (Å²) in [6, 6.07) is 25.3. The largest absolute Gasteiger partial charge is 0.495 e. The SMILES string of the molecule is CC[C@H](C)NC(=O)[C@@H](Cc1ccccc1)N(Cc1ccc(Cl)c(Cl)c1)C(=O)CN(c1ccc(OC)c(Cl)c1)S(=O)(=O)c1ccccc1. The van der Waals surface area contributed by atoms with E-state index in [0.29, 0.717) is 22.8 Å². The lowest BCUT2D eigenvalue weighted by Gasteiger charge is -2.34. The molecule has 1 N–H and O–H groups in total. The highest BCUT2D eigenvalue weighted by Gasteiger charge is 2.35. The molecule has 0 heterocycles. The minimum Gasteiger partial charge on any atom is -0.495 e. The summed E-state index contributed by atoms with van der Waals surface area (Å²) >= 11 is 19.0. The molecule has 0 bridgehead atoms. The second-order valence-corrected chi connectivity index (χ2v) is 14.0. The van der Waals surface area contributed by atoms with Crippen LogP contribution >= 0.6 is 34.8 Å². The van der Waals surface area contributed by atoms with Crippen LogP contribution in [0.25, 0.3) is 0 Å². The second-order valence-electron chi connectivity index (χ2n) is 10.9. The molecule has 4 aromatic carbocycles. The van der Waals surface area contributed by atoms with Gasteiger partial charge < -0.3 is 15.0 Å². The fourth-order valence-electron chi connectivity index (χ4n) is 4.89. The minimum atomic E-state index is -4.28. The Morgan fingerprint density at radius 1 is 0.830 bits per heavy atom. The minimum absolute atomic E-state index is 0.0221. The first-order valence-electron chi connectivity index (χ1n) is 14.9.